The fourth-order valence-electron chi connectivity index (χ4n) is 3.10. The molecule has 0 radical (unpaired) electrons. The number of carbonyl (C=O) groups excluding carboxylic acids is 2. The Morgan fingerprint density at radius 1 is 1.08 bits per heavy atom. The zero-order valence-electron chi connectivity index (χ0n) is 14.6. The van der Waals surface area contributed by atoms with Crippen LogP contribution in [0.1, 0.15) is 44.1 Å². The van der Waals surface area contributed by atoms with Crippen molar-refractivity contribution in [2.24, 2.45) is 5.92 Å². The van der Waals surface area contributed by atoms with Crippen molar-refractivity contribution in [2.45, 2.75) is 51.2 Å². The quantitative estimate of drug-likeness (QED) is 0.580. The van der Waals surface area contributed by atoms with E-state index >= 15 is 0 Å². The minimum atomic E-state index is -1.37. The largest absolute Gasteiger partial charge is 0.464 e. The summed E-state index contributed by atoms with van der Waals surface area (Å²) in [6, 6.07) is 8.35. The first-order chi connectivity index (χ1) is 12.5. The Hall–Kier alpha value is -2.77. The van der Waals surface area contributed by atoms with E-state index in [1.165, 1.54) is 6.42 Å². The molecule has 2 rings (SSSR count). The first-order valence-corrected chi connectivity index (χ1v) is 8.80. The van der Waals surface area contributed by atoms with Gasteiger partial charge < -0.3 is 15.2 Å². The molecule has 0 bridgehead atoms. The predicted molar refractivity (Wildman–Crippen MR) is 94.0 cm³/mol. The summed E-state index contributed by atoms with van der Waals surface area (Å²) < 4.78 is 5.16. The average Bonchev–Trinajstić information content (AvgIpc) is 2.65. The minimum Gasteiger partial charge on any atom is -0.464 e. The number of hydrogen-bond donors (Lipinski definition) is 4. The van der Waals surface area contributed by atoms with E-state index in [4.69, 9.17) is 9.84 Å². The third-order valence-corrected chi connectivity index (χ3v) is 4.41. The van der Waals surface area contributed by atoms with Crippen molar-refractivity contribution in [2.75, 3.05) is 0 Å². The molecule has 4 N–H and O–H groups in total. The molecule has 1 aromatic carbocycles. The molecule has 1 saturated carbocycles. The first kappa shape index (κ1) is 19.6. The van der Waals surface area contributed by atoms with E-state index in [0.717, 1.165) is 31.2 Å². The van der Waals surface area contributed by atoms with Crippen molar-refractivity contribution >= 4 is 18.1 Å². The Labute approximate surface area is 152 Å². The summed E-state index contributed by atoms with van der Waals surface area (Å²) in [5.41, 5.74) is 4.75. The second-order valence-corrected chi connectivity index (χ2v) is 6.42. The molecule has 0 aromatic heterocycles. The van der Waals surface area contributed by atoms with Gasteiger partial charge in [-0.1, -0.05) is 62.4 Å². The molecular weight excluding hydrogens is 338 g/mol. The van der Waals surface area contributed by atoms with Gasteiger partial charge in [0.05, 0.1) is 0 Å². The van der Waals surface area contributed by atoms with Crippen molar-refractivity contribution < 1.29 is 24.2 Å². The third-order valence-electron chi connectivity index (χ3n) is 4.41. The zero-order chi connectivity index (χ0) is 18.8. The lowest BCUT2D eigenvalue weighted by Gasteiger charge is -2.26. The summed E-state index contributed by atoms with van der Waals surface area (Å²) in [5, 5.41) is 11.2. The molecule has 1 fully saturated rings. The standard InChI is InChI=1S/C18H25N3O5/c22-16(20-21-17(23)24)15(11-13-7-3-1-4-8-13)19-18(25)26-12-14-9-5-2-6-10-14/h2,5-6,9-10,13,15,21H,1,3-4,7-8,11-12H2,(H,19,25)(H,20,22)(H,23,24). The van der Waals surface area contributed by atoms with Gasteiger partial charge in [-0.15, -0.1) is 0 Å². The van der Waals surface area contributed by atoms with Gasteiger partial charge in [-0.05, 0) is 17.9 Å². The number of nitrogens with one attached hydrogen (secondary N) is 3. The van der Waals surface area contributed by atoms with Crippen LogP contribution in [0.2, 0.25) is 0 Å². The van der Waals surface area contributed by atoms with Gasteiger partial charge in [0.2, 0.25) is 0 Å². The number of ether oxygens (including phenoxy) is 1. The Bertz CT molecular complexity index is 602. The smallest absolute Gasteiger partial charge is 0.423 e. The Morgan fingerprint density at radius 2 is 1.77 bits per heavy atom. The number of carboxylic acid groups (broad SMARTS) is 1. The van der Waals surface area contributed by atoms with E-state index in [1.54, 1.807) is 0 Å². The van der Waals surface area contributed by atoms with Crippen LogP contribution in [0, 0.1) is 5.92 Å². The maximum atomic E-state index is 12.2. The van der Waals surface area contributed by atoms with E-state index in [1.807, 2.05) is 35.8 Å². The number of hydrazine groups is 1. The van der Waals surface area contributed by atoms with E-state index in [0.29, 0.717) is 12.3 Å². The highest BCUT2D eigenvalue weighted by Gasteiger charge is 2.26. The number of alkyl carbamates (subject to hydrolysis) is 1. The Morgan fingerprint density at radius 3 is 2.42 bits per heavy atom. The van der Waals surface area contributed by atoms with E-state index < -0.39 is 24.1 Å². The molecule has 8 nitrogen and oxygen atoms in total. The first-order valence-electron chi connectivity index (χ1n) is 8.80. The monoisotopic (exact) mass is 363 g/mol. The molecule has 1 aromatic rings. The van der Waals surface area contributed by atoms with Crippen molar-refractivity contribution in [1.82, 2.24) is 16.2 Å². The summed E-state index contributed by atoms with van der Waals surface area (Å²) in [6.07, 6.45) is 3.75. The molecule has 3 amide bonds. The summed E-state index contributed by atoms with van der Waals surface area (Å²) in [7, 11) is 0. The lowest BCUT2D eigenvalue weighted by Crippen LogP contribution is -2.52. The topological polar surface area (TPSA) is 117 Å². The molecule has 0 heterocycles. The molecule has 0 spiro atoms. The summed E-state index contributed by atoms with van der Waals surface area (Å²) in [4.78, 5) is 34.8. The molecule has 1 atom stereocenters. The van der Waals surface area contributed by atoms with Gasteiger partial charge in [0.25, 0.3) is 5.91 Å². The predicted octanol–water partition coefficient (Wildman–Crippen LogP) is 2.55. The van der Waals surface area contributed by atoms with E-state index in [-0.39, 0.29) is 6.61 Å². The fourth-order valence-corrected chi connectivity index (χ4v) is 3.10. The van der Waals surface area contributed by atoms with E-state index in [9.17, 15) is 14.4 Å². The van der Waals surface area contributed by atoms with Gasteiger partial charge in [-0.3, -0.25) is 10.2 Å². The highest BCUT2D eigenvalue weighted by atomic mass is 16.5. The van der Waals surface area contributed by atoms with Gasteiger partial charge in [0.15, 0.2) is 0 Å². The summed E-state index contributed by atoms with van der Waals surface area (Å²) in [6.45, 7) is 0.0951. The molecule has 8 heteroatoms. The minimum absolute atomic E-state index is 0.0951. The molecule has 142 valence electrons. The molecule has 1 aliphatic carbocycles. The normalized spacial score (nSPS) is 15.5. The molecular formula is C18H25N3O5. The maximum Gasteiger partial charge on any atom is 0.423 e. The zero-order valence-corrected chi connectivity index (χ0v) is 14.6. The molecule has 1 aliphatic rings. The Balaban J connectivity index is 1.89. The summed E-state index contributed by atoms with van der Waals surface area (Å²) in [5.74, 6) is -0.284. The van der Waals surface area contributed by atoms with Gasteiger partial charge >= 0.3 is 12.2 Å². The summed E-state index contributed by atoms with van der Waals surface area (Å²) >= 11 is 0. The highest BCUT2D eigenvalue weighted by molar-refractivity contribution is 5.86. The fraction of sp³-hybridized carbons (Fsp3) is 0.500. The van der Waals surface area contributed by atoms with Crippen LogP contribution >= 0.6 is 0 Å². The van der Waals surface area contributed by atoms with Crippen LogP contribution in [-0.2, 0) is 16.1 Å². The number of rotatable bonds is 6. The third kappa shape index (κ3) is 7.00. The van der Waals surface area contributed by atoms with Gasteiger partial charge in [0.1, 0.15) is 12.6 Å². The average molecular weight is 363 g/mol. The SMILES string of the molecule is O=C(O)NNC(=O)C(CC1CCCCC1)NC(=O)OCc1ccccc1. The van der Waals surface area contributed by atoms with Gasteiger partial charge in [-0.25, -0.2) is 15.0 Å². The van der Waals surface area contributed by atoms with Crippen LogP contribution < -0.4 is 16.2 Å². The number of benzene rings is 1. The van der Waals surface area contributed by atoms with Crippen LogP contribution in [0.5, 0.6) is 0 Å². The number of hydrogen-bond acceptors (Lipinski definition) is 4. The number of carbonyl (C=O) groups is 3. The van der Waals surface area contributed by atoms with Gasteiger partial charge in [0, 0.05) is 0 Å². The lowest BCUT2D eigenvalue weighted by molar-refractivity contribution is -0.124. The van der Waals surface area contributed by atoms with Gasteiger partial charge in [-0.2, -0.15) is 0 Å². The number of amides is 3. The van der Waals surface area contributed by atoms with Crippen LogP contribution in [0.3, 0.4) is 0 Å². The molecule has 1 unspecified atom stereocenters. The van der Waals surface area contributed by atoms with E-state index in [2.05, 4.69) is 10.7 Å². The maximum absolute atomic E-state index is 12.2. The lowest BCUT2D eigenvalue weighted by atomic mass is 9.84. The second kappa shape index (κ2) is 10.3. The Kier molecular flexibility index (Phi) is 7.73. The van der Waals surface area contributed by atoms with Crippen molar-refractivity contribution in [3.63, 3.8) is 0 Å². The van der Waals surface area contributed by atoms with Crippen molar-refractivity contribution in [1.29, 1.82) is 0 Å². The van der Waals surface area contributed by atoms with Crippen LogP contribution in [0.15, 0.2) is 30.3 Å². The molecule has 0 saturated heterocycles. The van der Waals surface area contributed by atoms with Crippen LogP contribution in [-0.4, -0.2) is 29.2 Å². The van der Waals surface area contributed by atoms with Crippen molar-refractivity contribution in [3.05, 3.63) is 35.9 Å². The van der Waals surface area contributed by atoms with Crippen LogP contribution in [0.4, 0.5) is 9.59 Å². The van der Waals surface area contributed by atoms with Crippen molar-refractivity contribution in [3.8, 4) is 0 Å². The molecule has 0 aliphatic heterocycles. The van der Waals surface area contributed by atoms with Crippen LogP contribution in [0.25, 0.3) is 0 Å². The second-order valence-electron chi connectivity index (χ2n) is 6.42. The highest BCUT2D eigenvalue weighted by Crippen LogP contribution is 2.27. The molecule has 26 heavy (non-hydrogen) atoms.